The minimum absolute atomic E-state index is 0.114. The third-order valence-corrected chi connectivity index (χ3v) is 2.97. The van der Waals surface area contributed by atoms with E-state index in [1.165, 1.54) is 4.90 Å². The largest absolute Gasteiger partial charge is 0.409 e. The van der Waals surface area contributed by atoms with Crippen LogP contribution in [0.3, 0.4) is 0 Å². The molecule has 2 amide bonds. The molecule has 1 aliphatic rings. The predicted molar refractivity (Wildman–Crippen MR) is 61.5 cm³/mol. The van der Waals surface area contributed by atoms with Gasteiger partial charge in [0.25, 0.3) is 0 Å². The van der Waals surface area contributed by atoms with Gasteiger partial charge in [0.2, 0.25) is 11.8 Å². The maximum absolute atomic E-state index is 11.9. The molecule has 0 saturated carbocycles. The van der Waals surface area contributed by atoms with Gasteiger partial charge in [-0.3, -0.25) is 9.59 Å². The van der Waals surface area contributed by atoms with Gasteiger partial charge in [0.05, 0.1) is 6.42 Å². The zero-order valence-corrected chi connectivity index (χ0v) is 10.3. The molecule has 0 radical (unpaired) electrons. The van der Waals surface area contributed by atoms with Crippen LogP contribution in [0.1, 0.15) is 20.3 Å². The first kappa shape index (κ1) is 13.3. The summed E-state index contributed by atoms with van der Waals surface area (Å²) < 4.78 is 0. The Balaban J connectivity index is 2.84. The number of nitrogens with two attached hydrogens (primary N) is 1. The lowest BCUT2D eigenvalue weighted by molar-refractivity contribution is -0.156. The van der Waals surface area contributed by atoms with E-state index in [4.69, 9.17) is 10.9 Å². The van der Waals surface area contributed by atoms with Crippen molar-refractivity contribution < 1.29 is 14.8 Å². The van der Waals surface area contributed by atoms with E-state index < -0.39 is 5.54 Å². The molecule has 0 atom stereocenters. The summed E-state index contributed by atoms with van der Waals surface area (Å²) in [5.74, 6) is -0.583. The van der Waals surface area contributed by atoms with Crippen molar-refractivity contribution in [2.75, 3.05) is 20.1 Å². The lowest BCUT2D eigenvalue weighted by Gasteiger charge is -2.44. The topological polar surface area (TPSA) is 99.2 Å². The van der Waals surface area contributed by atoms with E-state index in [9.17, 15) is 9.59 Å². The third-order valence-electron chi connectivity index (χ3n) is 2.97. The van der Waals surface area contributed by atoms with Gasteiger partial charge in [0.1, 0.15) is 11.4 Å². The molecule has 0 aromatic heterocycles. The zero-order chi connectivity index (χ0) is 13.2. The molecular formula is C10H18N4O3. The van der Waals surface area contributed by atoms with Crippen LogP contribution in [0.5, 0.6) is 0 Å². The number of rotatable bonds is 2. The van der Waals surface area contributed by atoms with E-state index in [0.29, 0.717) is 13.1 Å². The predicted octanol–water partition coefficient (Wildman–Crippen LogP) is -0.798. The van der Waals surface area contributed by atoms with Gasteiger partial charge in [-0.2, -0.15) is 0 Å². The molecule has 1 heterocycles. The van der Waals surface area contributed by atoms with E-state index in [0.717, 1.165) is 0 Å². The average Bonchev–Trinajstić information content (AvgIpc) is 2.25. The Bertz CT molecular complexity index is 365. The Morgan fingerprint density at radius 2 is 2.12 bits per heavy atom. The lowest BCUT2D eigenvalue weighted by Crippen LogP contribution is -2.63. The van der Waals surface area contributed by atoms with E-state index in [2.05, 4.69) is 5.16 Å². The zero-order valence-electron chi connectivity index (χ0n) is 10.3. The molecule has 1 fully saturated rings. The molecule has 7 heteroatoms. The van der Waals surface area contributed by atoms with Gasteiger partial charge >= 0.3 is 0 Å². The van der Waals surface area contributed by atoms with Crippen LogP contribution in [0.4, 0.5) is 0 Å². The van der Waals surface area contributed by atoms with Crippen LogP contribution in [-0.2, 0) is 9.59 Å². The molecule has 0 aromatic carbocycles. The van der Waals surface area contributed by atoms with Crippen LogP contribution in [-0.4, -0.2) is 58.3 Å². The fourth-order valence-electron chi connectivity index (χ4n) is 1.94. The van der Waals surface area contributed by atoms with Gasteiger partial charge in [-0.1, -0.05) is 5.16 Å². The molecule has 0 unspecified atom stereocenters. The van der Waals surface area contributed by atoms with Crippen molar-refractivity contribution in [3.05, 3.63) is 0 Å². The standard InChI is InChI=1S/C10H18N4O3/c1-10(2)9(16)13(3)4-5-14(10)8(15)6-7(11)12-17/h17H,4-6H2,1-3H3,(H2,11,12). The number of carbonyl (C=O) groups is 2. The third kappa shape index (κ3) is 2.48. The van der Waals surface area contributed by atoms with E-state index in [1.54, 1.807) is 25.8 Å². The lowest BCUT2D eigenvalue weighted by atomic mass is 9.97. The highest BCUT2D eigenvalue weighted by Crippen LogP contribution is 2.22. The summed E-state index contributed by atoms with van der Waals surface area (Å²) in [6.45, 7) is 4.32. The summed E-state index contributed by atoms with van der Waals surface area (Å²) in [6.07, 6.45) is -0.184. The summed E-state index contributed by atoms with van der Waals surface area (Å²) in [5, 5.41) is 11.2. The quantitative estimate of drug-likeness (QED) is 0.286. The van der Waals surface area contributed by atoms with E-state index >= 15 is 0 Å². The maximum atomic E-state index is 11.9. The molecule has 7 nitrogen and oxygen atoms in total. The summed E-state index contributed by atoms with van der Waals surface area (Å²) in [7, 11) is 1.70. The van der Waals surface area contributed by atoms with Crippen molar-refractivity contribution in [2.45, 2.75) is 25.8 Å². The first-order valence-corrected chi connectivity index (χ1v) is 5.33. The van der Waals surface area contributed by atoms with Gasteiger partial charge in [0.15, 0.2) is 0 Å². The number of carbonyl (C=O) groups excluding carboxylic acids is 2. The monoisotopic (exact) mass is 242 g/mol. The number of amidine groups is 1. The maximum Gasteiger partial charge on any atom is 0.247 e. The van der Waals surface area contributed by atoms with Crippen molar-refractivity contribution >= 4 is 17.6 Å². The number of hydrogen-bond acceptors (Lipinski definition) is 4. The normalized spacial score (nSPS) is 20.6. The first-order valence-electron chi connectivity index (χ1n) is 5.33. The Hall–Kier alpha value is -1.79. The summed E-state index contributed by atoms with van der Waals surface area (Å²) in [5.41, 5.74) is 4.40. The van der Waals surface area contributed by atoms with Crippen LogP contribution in [0.2, 0.25) is 0 Å². The molecule has 17 heavy (non-hydrogen) atoms. The van der Waals surface area contributed by atoms with Crippen LogP contribution in [0.15, 0.2) is 5.16 Å². The SMILES string of the molecule is CN1CCN(C(=O)CC(N)=NO)C(C)(C)C1=O. The average molecular weight is 242 g/mol. The molecular weight excluding hydrogens is 224 g/mol. The van der Waals surface area contributed by atoms with Crippen molar-refractivity contribution in [1.82, 2.24) is 9.80 Å². The summed E-state index contributed by atoms with van der Waals surface area (Å²) in [4.78, 5) is 26.9. The second kappa shape index (κ2) is 4.60. The highest BCUT2D eigenvalue weighted by molar-refractivity contribution is 6.01. The van der Waals surface area contributed by atoms with Crippen LogP contribution < -0.4 is 5.73 Å². The van der Waals surface area contributed by atoms with Gasteiger partial charge in [-0.05, 0) is 13.8 Å². The van der Waals surface area contributed by atoms with Gasteiger partial charge in [-0.15, -0.1) is 0 Å². The Morgan fingerprint density at radius 1 is 1.53 bits per heavy atom. The highest BCUT2D eigenvalue weighted by atomic mass is 16.4. The molecule has 1 aliphatic heterocycles. The second-order valence-corrected chi connectivity index (χ2v) is 4.60. The van der Waals surface area contributed by atoms with Gasteiger partial charge < -0.3 is 20.7 Å². The first-order chi connectivity index (χ1) is 7.80. The molecule has 3 N–H and O–H groups in total. The summed E-state index contributed by atoms with van der Waals surface area (Å²) in [6, 6.07) is 0. The van der Waals surface area contributed by atoms with Crippen molar-refractivity contribution in [3.63, 3.8) is 0 Å². The van der Waals surface area contributed by atoms with Crippen molar-refractivity contribution in [2.24, 2.45) is 10.9 Å². The number of likely N-dealkylation sites (N-methyl/N-ethyl adjacent to an activating group) is 1. The molecule has 0 aromatic rings. The molecule has 96 valence electrons. The molecule has 1 saturated heterocycles. The molecule has 0 bridgehead atoms. The minimum Gasteiger partial charge on any atom is -0.409 e. The smallest absolute Gasteiger partial charge is 0.247 e. The number of amides is 2. The van der Waals surface area contributed by atoms with Crippen LogP contribution in [0.25, 0.3) is 0 Å². The summed E-state index contributed by atoms with van der Waals surface area (Å²) >= 11 is 0. The highest BCUT2D eigenvalue weighted by Gasteiger charge is 2.42. The number of oxime groups is 1. The molecule has 1 rings (SSSR count). The van der Waals surface area contributed by atoms with Gasteiger partial charge in [0, 0.05) is 20.1 Å². The second-order valence-electron chi connectivity index (χ2n) is 4.60. The fourth-order valence-corrected chi connectivity index (χ4v) is 1.94. The van der Waals surface area contributed by atoms with E-state index in [-0.39, 0.29) is 24.1 Å². The molecule has 0 spiro atoms. The number of hydrogen-bond donors (Lipinski definition) is 2. The Morgan fingerprint density at radius 3 is 2.65 bits per heavy atom. The van der Waals surface area contributed by atoms with Crippen molar-refractivity contribution in [3.8, 4) is 0 Å². The fraction of sp³-hybridized carbons (Fsp3) is 0.700. The van der Waals surface area contributed by atoms with E-state index in [1.807, 2.05) is 0 Å². The Labute approximate surface area is 99.8 Å². The molecule has 0 aliphatic carbocycles. The minimum atomic E-state index is -0.889. The van der Waals surface area contributed by atoms with Gasteiger partial charge in [-0.25, -0.2) is 0 Å². The number of piperazine rings is 1. The van der Waals surface area contributed by atoms with Crippen LogP contribution >= 0.6 is 0 Å². The van der Waals surface area contributed by atoms with Crippen LogP contribution in [0, 0.1) is 0 Å². The Kier molecular flexibility index (Phi) is 3.59. The van der Waals surface area contributed by atoms with Crippen molar-refractivity contribution in [1.29, 1.82) is 0 Å². The number of nitrogens with zero attached hydrogens (tertiary/aromatic N) is 3.